The minimum Gasteiger partial charge on any atom is -0.504 e. The van der Waals surface area contributed by atoms with Crippen LogP contribution in [0.2, 0.25) is 0 Å². The third-order valence-corrected chi connectivity index (χ3v) is 11.5. The third kappa shape index (κ3) is 5.41. The lowest BCUT2D eigenvalue weighted by Crippen LogP contribution is -2.69. The van der Waals surface area contributed by atoms with Crippen LogP contribution < -0.4 is 18.9 Å². The van der Waals surface area contributed by atoms with Crippen molar-refractivity contribution < 1.29 is 29.2 Å². The molecule has 264 valence electrons. The predicted molar refractivity (Wildman–Crippen MR) is 199 cm³/mol. The normalized spacial score (nSPS) is 22.4. The summed E-state index contributed by atoms with van der Waals surface area (Å²) < 4.78 is 24.7. The molecule has 3 aliphatic heterocycles. The second-order valence-electron chi connectivity index (χ2n) is 13.3. The van der Waals surface area contributed by atoms with Crippen LogP contribution in [-0.2, 0) is 12.8 Å². The molecule has 2 bridgehead atoms. The van der Waals surface area contributed by atoms with Crippen LogP contribution in [0.1, 0.15) is 56.6 Å². The smallest absolute Gasteiger partial charge is 0.167 e. The van der Waals surface area contributed by atoms with Gasteiger partial charge in [0.15, 0.2) is 23.0 Å². The zero-order chi connectivity index (χ0) is 36.1. The number of nitriles is 1. The number of hydrogen-bond acceptors (Lipinski definition) is 9. The Morgan fingerprint density at radius 3 is 1.90 bits per heavy atom. The van der Waals surface area contributed by atoms with E-state index in [1.54, 1.807) is 28.4 Å². The lowest BCUT2D eigenvalue weighted by Gasteiger charge is -2.60. The molecule has 5 atom stereocenters. The first-order valence-corrected chi connectivity index (χ1v) is 17.8. The Morgan fingerprint density at radius 1 is 0.784 bits per heavy atom. The molecule has 0 aliphatic carbocycles. The summed E-state index contributed by atoms with van der Waals surface area (Å²) in [6.07, 6.45) is 5.11. The highest BCUT2D eigenvalue weighted by Crippen LogP contribution is 2.60. The fourth-order valence-electron chi connectivity index (χ4n) is 9.02. The second-order valence-corrected chi connectivity index (χ2v) is 14.3. The zero-order valence-electron chi connectivity index (χ0n) is 29.6. The molecule has 0 saturated carbocycles. The van der Waals surface area contributed by atoms with E-state index in [2.05, 4.69) is 56.1 Å². The molecule has 1 saturated heterocycles. The number of hydrogen-bond donors (Lipinski definition) is 2. The van der Waals surface area contributed by atoms with Gasteiger partial charge in [0.1, 0.15) is 17.5 Å². The molecule has 0 aromatic heterocycles. The highest BCUT2D eigenvalue weighted by atomic mass is 79.9. The summed E-state index contributed by atoms with van der Waals surface area (Å²) in [7, 11) is 6.38. The fraction of sp³-hybridized carbons (Fsp3) is 0.341. The molecule has 4 aromatic carbocycles. The first-order valence-electron chi connectivity index (χ1n) is 17.0. The molecule has 4 aromatic rings. The fourth-order valence-corrected chi connectivity index (χ4v) is 9.28. The van der Waals surface area contributed by atoms with Gasteiger partial charge in [-0.15, -0.1) is 0 Å². The van der Waals surface area contributed by atoms with Gasteiger partial charge in [0, 0.05) is 56.5 Å². The van der Waals surface area contributed by atoms with Gasteiger partial charge in [-0.1, -0.05) is 70.5 Å². The Bertz CT molecular complexity index is 2040. The van der Waals surface area contributed by atoms with E-state index >= 15 is 0 Å². The highest BCUT2D eigenvalue weighted by molar-refractivity contribution is 9.10. The Kier molecular flexibility index (Phi) is 9.40. The van der Waals surface area contributed by atoms with Crippen molar-refractivity contribution in [3.05, 3.63) is 110 Å². The number of aromatic hydroxyl groups is 2. The van der Waals surface area contributed by atoms with E-state index in [1.165, 1.54) is 0 Å². The first-order chi connectivity index (χ1) is 24.7. The van der Waals surface area contributed by atoms with Gasteiger partial charge in [-0.3, -0.25) is 9.80 Å². The second kappa shape index (κ2) is 13.8. The summed E-state index contributed by atoms with van der Waals surface area (Å²) in [6.45, 7) is 4.30. The third-order valence-electron chi connectivity index (χ3n) is 11.0. The number of phenols is 2. The lowest BCUT2D eigenvalue weighted by molar-refractivity contribution is -0.0724. The predicted octanol–water partition coefficient (Wildman–Crippen LogP) is 7.41. The van der Waals surface area contributed by atoms with E-state index < -0.39 is 18.1 Å². The molecule has 3 aliphatic rings. The summed E-state index contributed by atoms with van der Waals surface area (Å²) in [5, 5.41) is 35.4. The number of nitrogens with zero attached hydrogens (tertiary/aromatic N) is 3. The summed E-state index contributed by atoms with van der Waals surface area (Å²) >= 11 is 3.59. The van der Waals surface area contributed by atoms with Gasteiger partial charge < -0.3 is 29.2 Å². The molecule has 7 rings (SSSR count). The maximum atomic E-state index is 12.2. The van der Waals surface area contributed by atoms with Crippen molar-refractivity contribution in [1.29, 1.82) is 5.26 Å². The van der Waals surface area contributed by atoms with Crippen LogP contribution >= 0.6 is 15.9 Å². The molecule has 0 amide bonds. The van der Waals surface area contributed by atoms with Gasteiger partial charge in [-0.25, -0.2) is 0 Å². The van der Waals surface area contributed by atoms with E-state index in [0.29, 0.717) is 59.1 Å². The van der Waals surface area contributed by atoms with Crippen molar-refractivity contribution >= 4 is 22.0 Å². The summed E-state index contributed by atoms with van der Waals surface area (Å²) in [4.78, 5) is 4.62. The molecule has 51 heavy (non-hydrogen) atoms. The number of ether oxygens (including phenoxy) is 4. The van der Waals surface area contributed by atoms with Crippen LogP contribution in [0.3, 0.4) is 0 Å². The summed E-state index contributed by atoms with van der Waals surface area (Å²) in [6, 6.07) is 18.7. The molecule has 0 unspecified atom stereocenters. The van der Waals surface area contributed by atoms with Crippen molar-refractivity contribution in [2.75, 3.05) is 35.0 Å². The van der Waals surface area contributed by atoms with Gasteiger partial charge in [0.25, 0.3) is 0 Å². The SMILES string of the molecule is COc1c(C)c(OC)c2c(c1O)[C@H](c1ccc(Br)cc1)N1[C@@H](C#N)[C@@H]3Cc4c(OC)c(C)c(OC)c(O)c4[C@H]([C@@H]1C2)N3C/C=C/c1ccccc1. The first kappa shape index (κ1) is 34.7. The standard InChI is InChI=1S/C41H42BrN3O6/c1-22-38(48-3)27-19-29-31(21-43)45-30(35(33(27)37(47)41(22)51-6)44(29)18-10-13-24-11-8-7-9-12-24)20-28-32(34(45)25-14-16-26(42)17-15-25)36(46)40(50-5)23(2)39(28)49-4/h7-17,29-31,34-35,46-47H,18-20H2,1-6H3/b13-10+/t29-,30-,31-,34-,35-/m0/s1. The molecular weight excluding hydrogens is 710 g/mol. The molecule has 1 fully saturated rings. The topological polar surface area (TPSA) is 108 Å². The van der Waals surface area contributed by atoms with Crippen LogP contribution in [0.15, 0.2) is 65.1 Å². The number of piperazine rings is 1. The molecule has 9 nitrogen and oxygen atoms in total. The largest absolute Gasteiger partial charge is 0.504 e. The Morgan fingerprint density at radius 2 is 1.33 bits per heavy atom. The van der Waals surface area contributed by atoms with Gasteiger partial charge in [0.2, 0.25) is 0 Å². The summed E-state index contributed by atoms with van der Waals surface area (Å²) in [5.41, 5.74) is 6.52. The van der Waals surface area contributed by atoms with Crippen LogP contribution in [-0.4, -0.2) is 73.1 Å². The Hall–Kier alpha value is -4.69. The molecule has 0 radical (unpaired) electrons. The average molecular weight is 753 g/mol. The maximum absolute atomic E-state index is 12.2. The Balaban J connectivity index is 1.52. The highest BCUT2D eigenvalue weighted by Gasteiger charge is 2.58. The van der Waals surface area contributed by atoms with Crippen molar-refractivity contribution in [1.82, 2.24) is 9.80 Å². The number of methoxy groups -OCH3 is 4. The van der Waals surface area contributed by atoms with Crippen molar-refractivity contribution in [3.8, 4) is 40.6 Å². The van der Waals surface area contributed by atoms with Crippen molar-refractivity contribution in [2.24, 2.45) is 0 Å². The minimum absolute atomic E-state index is 0.0365. The number of rotatable bonds is 8. The molecule has 2 N–H and O–H groups in total. The number of fused-ring (bicyclic) bond motifs is 7. The van der Waals surface area contributed by atoms with Crippen LogP contribution in [0.25, 0.3) is 6.08 Å². The van der Waals surface area contributed by atoms with Gasteiger partial charge in [0.05, 0.1) is 46.6 Å². The van der Waals surface area contributed by atoms with E-state index in [1.807, 2.05) is 56.3 Å². The minimum atomic E-state index is -0.613. The zero-order valence-corrected chi connectivity index (χ0v) is 31.2. The average Bonchev–Trinajstić information content (AvgIpc) is 3.13. The molecular formula is C41H42BrN3O6. The number of phenolic OH excluding ortho intramolecular Hbond substituents is 2. The van der Waals surface area contributed by atoms with Gasteiger partial charge in [-0.05, 0) is 49.9 Å². The van der Waals surface area contributed by atoms with E-state index in [-0.39, 0.29) is 23.6 Å². The molecule has 3 heterocycles. The monoisotopic (exact) mass is 751 g/mol. The lowest BCUT2D eigenvalue weighted by atomic mass is 9.70. The van der Waals surface area contributed by atoms with E-state index in [4.69, 9.17) is 18.9 Å². The number of halogens is 1. The Labute approximate surface area is 307 Å². The van der Waals surface area contributed by atoms with Gasteiger partial charge >= 0.3 is 0 Å². The number of benzene rings is 4. The van der Waals surface area contributed by atoms with Crippen LogP contribution in [0.5, 0.6) is 34.5 Å². The molecule has 10 heteroatoms. The molecule has 0 spiro atoms. The quantitative estimate of drug-likeness (QED) is 0.190. The van der Waals surface area contributed by atoms with Crippen LogP contribution in [0, 0.1) is 25.2 Å². The van der Waals surface area contributed by atoms with E-state index in [9.17, 15) is 15.5 Å². The van der Waals surface area contributed by atoms with Gasteiger partial charge in [-0.2, -0.15) is 5.26 Å². The van der Waals surface area contributed by atoms with Crippen molar-refractivity contribution in [3.63, 3.8) is 0 Å². The van der Waals surface area contributed by atoms with Crippen molar-refractivity contribution in [2.45, 2.75) is 56.9 Å². The summed E-state index contributed by atoms with van der Waals surface area (Å²) in [5.74, 6) is 2.12. The van der Waals surface area contributed by atoms with Crippen LogP contribution in [0.4, 0.5) is 0 Å². The van der Waals surface area contributed by atoms with E-state index in [0.717, 1.165) is 32.3 Å². The maximum Gasteiger partial charge on any atom is 0.167 e.